The number of amides is 10. The number of aliphatic hydroxyl groups is 2. The van der Waals surface area contributed by atoms with Crippen LogP contribution in [0.15, 0.2) is 30.3 Å². The summed E-state index contributed by atoms with van der Waals surface area (Å²) in [5.41, 5.74) is 13.9. The number of carbonyl (C=O) groups excluding carboxylic acids is 10. The molecule has 77 heavy (non-hydrogen) atoms. The number of nitrogens with two attached hydrogens (primary N) is 2. The van der Waals surface area contributed by atoms with Crippen molar-refractivity contribution in [2.24, 2.45) is 17.4 Å². The molecule has 1 aromatic carbocycles. The van der Waals surface area contributed by atoms with Gasteiger partial charge in [-0.1, -0.05) is 44.2 Å². The van der Waals surface area contributed by atoms with Crippen molar-refractivity contribution < 1.29 is 72.4 Å². The van der Waals surface area contributed by atoms with Crippen molar-refractivity contribution in [1.29, 1.82) is 0 Å². The van der Waals surface area contributed by atoms with Gasteiger partial charge in [-0.25, -0.2) is 19.8 Å². The highest BCUT2D eigenvalue weighted by Crippen LogP contribution is 2.12. The quantitative estimate of drug-likeness (QED) is 0.0338. The number of primary amides is 1. The number of hydrogen-bond acceptors (Lipinski definition) is 17. The number of hydrogen-bond donors (Lipinski definition) is 14. The van der Waals surface area contributed by atoms with Crippen molar-refractivity contribution in [3.8, 4) is 0 Å². The van der Waals surface area contributed by atoms with Gasteiger partial charge in [0.15, 0.2) is 0 Å². The minimum Gasteiger partial charge on any atom is -0.444 e. The zero-order chi connectivity index (χ0) is 59.0. The van der Waals surface area contributed by atoms with Crippen molar-refractivity contribution in [3.05, 3.63) is 35.9 Å². The van der Waals surface area contributed by atoms with Crippen molar-refractivity contribution in [1.82, 2.24) is 53.4 Å². The lowest BCUT2D eigenvalue weighted by atomic mass is 10.0. The number of nitrogens with one attached hydrogen (secondary N) is 10. The molecule has 9 atom stereocenters. The van der Waals surface area contributed by atoms with E-state index in [1.807, 2.05) is 13.8 Å². The van der Waals surface area contributed by atoms with Gasteiger partial charge in [-0.15, -0.1) is 0 Å². The second kappa shape index (κ2) is 32.0. The number of alkyl carbamates (subject to hydrolysis) is 2. The molecule has 0 fully saturated rings. The molecule has 27 heteroatoms. The maximum Gasteiger partial charge on any atom is 0.422 e. The summed E-state index contributed by atoms with van der Waals surface area (Å²) in [6, 6.07) is -1.86. The van der Waals surface area contributed by atoms with Crippen LogP contribution in [0.2, 0.25) is 0 Å². The summed E-state index contributed by atoms with van der Waals surface area (Å²) in [6.07, 6.45) is -6.59. The van der Waals surface area contributed by atoms with E-state index in [4.69, 9.17) is 25.7 Å². The van der Waals surface area contributed by atoms with E-state index in [1.54, 1.807) is 92.6 Å². The number of aliphatic hydroxyl groups excluding tert-OH is 2. The maximum absolute atomic E-state index is 14.6. The Morgan fingerprint density at radius 2 is 0.883 bits per heavy atom. The molecule has 0 bridgehead atoms. The molecule has 0 heterocycles. The molecule has 1 rings (SSSR count). The van der Waals surface area contributed by atoms with Crippen molar-refractivity contribution in [3.63, 3.8) is 0 Å². The Hall–Kier alpha value is -6.84. The van der Waals surface area contributed by atoms with Crippen LogP contribution >= 0.6 is 0 Å². The highest BCUT2D eigenvalue weighted by atomic mass is 16.6. The third kappa shape index (κ3) is 29.3. The van der Waals surface area contributed by atoms with E-state index < -0.39 is 144 Å². The summed E-state index contributed by atoms with van der Waals surface area (Å²) < 4.78 is 15.8. The predicted octanol–water partition coefficient (Wildman–Crippen LogP) is -0.993. The van der Waals surface area contributed by atoms with Gasteiger partial charge in [0.25, 0.3) is 0 Å². The van der Waals surface area contributed by atoms with E-state index >= 15 is 0 Å². The monoisotopic (exact) mass is 1090 g/mol. The second-order valence-corrected chi connectivity index (χ2v) is 21.8. The average Bonchev–Trinajstić information content (AvgIpc) is 3.27. The molecular formula is C50H86N12O15. The molecule has 0 radical (unpaired) electrons. The first-order valence-electron chi connectivity index (χ1n) is 25.4. The van der Waals surface area contributed by atoms with Gasteiger partial charge in [0.2, 0.25) is 41.4 Å². The van der Waals surface area contributed by atoms with Gasteiger partial charge < -0.3 is 78.4 Å². The largest absolute Gasteiger partial charge is 0.444 e. The zero-order valence-electron chi connectivity index (χ0n) is 46.7. The third-order valence-electron chi connectivity index (χ3n) is 10.4. The molecule has 0 saturated carbocycles. The summed E-state index contributed by atoms with van der Waals surface area (Å²) in [6.45, 7) is 19.6. The van der Waals surface area contributed by atoms with Crippen LogP contribution in [-0.2, 0) is 54.2 Å². The van der Waals surface area contributed by atoms with Crippen molar-refractivity contribution in [2.45, 2.75) is 193 Å². The fourth-order valence-electron chi connectivity index (χ4n) is 6.72. The van der Waals surface area contributed by atoms with Crippen LogP contribution in [-0.4, -0.2) is 161 Å². The molecule has 0 aromatic heterocycles. The maximum atomic E-state index is 14.6. The SMILES string of the molecule is CC(C)C[C@H](NC(=O)[C@@H](Cc1ccccc1)NC(=O)[C@H](CCNC(=O)OC(C)(C)C)NC(=O)[C@H](CCNC(=O)[C@@H](NNC(=O)OC(C)(C)C)[C@H](C)O)NC(=O)[C@H](CCNC(=O)OC(C)(C)C)NC(=O)[C@@H](N)C(C)O)C(N)=O. The van der Waals surface area contributed by atoms with E-state index in [0.717, 1.165) is 0 Å². The highest BCUT2D eigenvalue weighted by molar-refractivity contribution is 5.97. The van der Waals surface area contributed by atoms with Gasteiger partial charge in [-0.05, 0) is 113 Å². The van der Waals surface area contributed by atoms with Gasteiger partial charge in [0.1, 0.15) is 59.1 Å². The smallest absolute Gasteiger partial charge is 0.422 e. The van der Waals surface area contributed by atoms with Gasteiger partial charge in [-0.3, -0.25) is 39.0 Å². The standard InChI is InChI=1S/C50H86N12O15/c1-27(2)25-34(38(52)65)59-42(69)35(26-30-17-15-14-16-18-30)60-41(68)32(20-23-54-45(72)75-48(5,6)7)57-39(66)31(19-22-53-44(71)37(29(4)64)61-62-47(74)77-50(11,12)13)56-40(67)33(58-43(70)36(51)28(3)63)21-24-55-46(73)76-49(8,9)10/h14-18,27-29,31-37,61,63-64H,19-26,51H2,1-13H3,(H2,52,65)(H,53,71)(H,54,72)(H,55,73)(H,56,67)(H,57,66)(H,58,70)(H,59,69)(H,60,68)(H,62,74)/t28?,29-,31-,32-,33-,34-,35+,36-,37-/m0/s1. The molecule has 436 valence electrons. The van der Waals surface area contributed by atoms with Crippen LogP contribution in [0.4, 0.5) is 14.4 Å². The first-order chi connectivity index (χ1) is 35.5. The van der Waals surface area contributed by atoms with Gasteiger partial charge >= 0.3 is 18.3 Å². The first kappa shape index (κ1) is 68.2. The minimum absolute atomic E-state index is 0.0754. The molecule has 1 unspecified atom stereocenters. The second-order valence-electron chi connectivity index (χ2n) is 21.8. The lowest BCUT2D eigenvalue weighted by Crippen LogP contribution is -2.61. The average molecular weight is 1100 g/mol. The van der Waals surface area contributed by atoms with Crippen LogP contribution in [0.3, 0.4) is 0 Å². The molecular weight excluding hydrogens is 1010 g/mol. The summed E-state index contributed by atoms with van der Waals surface area (Å²) in [4.78, 5) is 134. The highest BCUT2D eigenvalue weighted by Gasteiger charge is 2.35. The number of hydrazine groups is 1. The molecule has 0 aliphatic carbocycles. The molecule has 27 nitrogen and oxygen atoms in total. The predicted molar refractivity (Wildman–Crippen MR) is 281 cm³/mol. The zero-order valence-corrected chi connectivity index (χ0v) is 46.7. The van der Waals surface area contributed by atoms with Gasteiger partial charge in [-0.2, -0.15) is 0 Å². The number of carbonyl (C=O) groups is 10. The van der Waals surface area contributed by atoms with Crippen LogP contribution in [0.25, 0.3) is 0 Å². The molecule has 16 N–H and O–H groups in total. The molecule has 0 spiro atoms. The van der Waals surface area contributed by atoms with E-state index in [2.05, 4.69) is 53.4 Å². The van der Waals surface area contributed by atoms with Crippen LogP contribution in [0, 0.1) is 5.92 Å². The summed E-state index contributed by atoms with van der Waals surface area (Å²) in [5, 5.41) is 40.7. The van der Waals surface area contributed by atoms with E-state index in [9.17, 15) is 58.2 Å². The molecule has 1 aromatic rings. The van der Waals surface area contributed by atoms with Crippen molar-refractivity contribution >= 4 is 59.6 Å². The fourth-order valence-corrected chi connectivity index (χ4v) is 6.72. The Labute approximate surface area is 450 Å². The van der Waals surface area contributed by atoms with E-state index in [-0.39, 0.29) is 44.7 Å². The van der Waals surface area contributed by atoms with Gasteiger partial charge in [0.05, 0.1) is 12.2 Å². The first-order valence-corrected chi connectivity index (χ1v) is 25.4. The summed E-state index contributed by atoms with van der Waals surface area (Å²) in [5.74, 6) is -6.66. The Kier molecular flexibility index (Phi) is 28.4. The van der Waals surface area contributed by atoms with Gasteiger partial charge in [0, 0.05) is 26.1 Å². The van der Waals surface area contributed by atoms with Crippen LogP contribution < -0.4 is 64.9 Å². The normalized spacial score (nSPS) is 15.2. The number of rotatable bonds is 29. The third-order valence-corrected chi connectivity index (χ3v) is 10.4. The Morgan fingerprint density at radius 1 is 0.506 bits per heavy atom. The lowest BCUT2D eigenvalue weighted by molar-refractivity contribution is -0.135. The molecule has 0 saturated heterocycles. The van der Waals surface area contributed by atoms with E-state index in [0.29, 0.717) is 5.56 Å². The van der Waals surface area contributed by atoms with Crippen LogP contribution in [0.5, 0.6) is 0 Å². The molecule has 0 aliphatic rings. The number of ether oxygens (including phenoxy) is 3. The lowest BCUT2D eigenvalue weighted by Gasteiger charge is -2.28. The summed E-state index contributed by atoms with van der Waals surface area (Å²) >= 11 is 0. The topological polar surface area (TPSA) is 411 Å². The Bertz CT molecular complexity index is 2130. The van der Waals surface area contributed by atoms with Crippen molar-refractivity contribution in [2.75, 3.05) is 19.6 Å². The molecule has 10 amide bonds. The minimum atomic E-state index is -1.70. The summed E-state index contributed by atoms with van der Waals surface area (Å²) in [7, 11) is 0. The van der Waals surface area contributed by atoms with Crippen LogP contribution in [0.1, 0.15) is 121 Å². The number of benzene rings is 1. The fraction of sp³-hybridized carbons (Fsp3) is 0.680. The molecule has 0 aliphatic heterocycles. The Morgan fingerprint density at radius 3 is 1.27 bits per heavy atom. The van der Waals surface area contributed by atoms with E-state index in [1.165, 1.54) is 13.8 Å². The Balaban J connectivity index is 3.83.